The molecule has 1 aromatic heterocycles. The van der Waals surface area contributed by atoms with Crippen molar-refractivity contribution in [2.45, 2.75) is 90.6 Å². The molecule has 1 saturated heterocycles. The monoisotopic (exact) mass is 415 g/mol. The molecule has 0 atom stereocenters. The summed E-state index contributed by atoms with van der Waals surface area (Å²) >= 11 is 0. The zero-order valence-corrected chi connectivity index (χ0v) is 18.7. The summed E-state index contributed by atoms with van der Waals surface area (Å²) in [5.41, 5.74) is 0. The number of likely N-dealkylation sites (tertiary alicyclic amines) is 1. The lowest BCUT2D eigenvalue weighted by Gasteiger charge is -2.34. The Hall–Kier alpha value is -1.92. The highest BCUT2D eigenvalue weighted by Crippen LogP contribution is 2.30. The smallest absolute Gasteiger partial charge is 0.223 e. The highest BCUT2D eigenvalue weighted by molar-refractivity contribution is 5.77. The molecule has 0 N–H and O–H groups in total. The normalized spacial score (nSPS) is 21.2. The number of piperidine rings is 1. The topological polar surface area (TPSA) is 71.3 Å². The third-order valence-corrected chi connectivity index (χ3v) is 7.12. The molecule has 3 heterocycles. The molecule has 3 aliphatic rings. The summed E-state index contributed by atoms with van der Waals surface area (Å²) in [7, 11) is 0. The first-order valence-electron chi connectivity index (χ1n) is 12.0. The van der Waals surface area contributed by atoms with Gasteiger partial charge in [-0.05, 0) is 37.5 Å². The lowest BCUT2D eigenvalue weighted by atomic mass is 9.86. The van der Waals surface area contributed by atoms with Gasteiger partial charge in [-0.1, -0.05) is 33.1 Å². The van der Waals surface area contributed by atoms with E-state index in [0.717, 1.165) is 50.7 Å². The number of carbonyl (C=O) groups excluding carboxylic acids is 2. The van der Waals surface area contributed by atoms with Gasteiger partial charge in [0.2, 0.25) is 11.8 Å². The zero-order chi connectivity index (χ0) is 21.1. The van der Waals surface area contributed by atoms with Gasteiger partial charge in [0.25, 0.3) is 0 Å². The Balaban J connectivity index is 1.32. The molecule has 1 aliphatic carbocycles. The molecule has 0 unspecified atom stereocenters. The SMILES string of the molecule is CC(C)CC(=O)N1CCC(c2nnc3n2CCN(C(=O)CC2CCCCC2)C3)CC1. The van der Waals surface area contributed by atoms with E-state index < -0.39 is 0 Å². The van der Waals surface area contributed by atoms with Crippen molar-refractivity contribution in [3.05, 3.63) is 11.6 Å². The number of hydrogen-bond donors (Lipinski definition) is 0. The Labute approximate surface area is 180 Å². The van der Waals surface area contributed by atoms with Crippen LogP contribution in [0.1, 0.15) is 89.2 Å². The average molecular weight is 416 g/mol. The second-order valence-corrected chi connectivity index (χ2v) is 9.90. The minimum Gasteiger partial charge on any atom is -0.343 e. The Morgan fingerprint density at radius 1 is 0.900 bits per heavy atom. The summed E-state index contributed by atoms with van der Waals surface area (Å²) in [6.07, 6.45) is 9.52. The molecule has 0 radical (unpaired) electrons. The maximum absolute atomic E-state index is 12.8. The Morgan fingerprint density at radius 3 is 2.33 bits per heavy atom. The van der Waals surface area contributed by atoms with Gasteiger partial charge in [0.15, 0.2) is 5.82 Å². The van der Waals surface area contributed by atoms with E-state index in [2.05, 4.69) is 28.6 Å². The van der Waals surface area contributed by atoms with Crippen LogP contribution in [0.15, 0.2) is 0 Å². The molecule has 7 heteroatoms. The summed E-state index contributed by atoms with van der Waals surface area (Å²) < 4.78 is 2.24. The fourth-order valence-electron chi connectivity index (χ4n) is 5.33. The van der Waals surface area contributed by atoms with E-state index in [1.54, 1.807) is 0 Å². The van der Waals surface area contributed by atoms with Crippen LogP contribution in [-0.4, -0.2) is 56.0 Å². The van der Waals surface area contributed by atoms with E-state index in [4.69, 9.17) is 0 Å². The van der Waals surface area contributed by atoms with E-state index in [0.29, 0.717) is 37.1 Å². The van der Waals surface area contributed by atoms with Crippen LogP contribution in [0, 0.1) is 11.8 Å². The first-order chi connectivity index (χ1) is 14.5. The molecule has 0 spiro atoms. The fourth-order valence-corrected chi connectivity index (χ4v) is 5.33. The molecule has 1 saturated carbocycles. The first kappa shape index (κ1) is 21.3. The third kappa shape index (κ3) is 4.86. The largest absolute Gasteiger partial charge is 0.343 e. The number of hydrogen-bond acceptors (Lipinski definition) is 4. The van der Waals surface area contributed by atoms with Gasteiger partial charge >= 0.3 is 0 Å². The molecule has 4 rings (SSSR count). The molecular weight excluding hydrogens is 378 g/mol. The maximum atomic E-state index is 12.8. The minimum atomic E-state index is 0.277. The fraction of sp³-hybridized carbons (Fsp3) is 0.826. The predicted octanol–water partition coefficient (Wildman–Crippen LogP) is 3.34. The number of carbonyl (C=O) groups is 2. The van der Waals surface area contributed by atoms with Crippen molar-refractivity contribution in [2.75, 3.05) is 19.6 Å². The van der Waals surface area contributed by atoms with Gasteiger partial charge in [0, 0.05) is 44.9 Å². The van der Waals surface area contributed by atoms with Crippen LogP contribution in [0.2, 0.25) is 0 Å². The van der Waals surface area contributed by atoms with Crippen molar-refractivity contribution in [2.24, 2.45) is 11.8 Å². The summed E-state index contributed by atoms with van der Waals surface area (Å²) in [6.45, 7) is 7.95. The first-order valence-corrected chi connectivity index (χ1v) is 12.0. The summed E-state index contributed by atoms with van der Waals surface area (Å²) in [5, 5.41) is 8.96. The van der Waals surface area contributed by atoms with Crippen molar-refractivity contribution in [3.8, 4) is 0 Å². The lowest BCUT2D eigenvalue weighted by Crippen LogP contribution is -2.41. The van der Waals surface area contributed by atoms with E-state index >= 15 is 0 Å². The molecule has 0 aromatic carbocycles. The summed E-state index contributed by atoms with van der Waals surface area (Å²) in [4.78, 5) is 29.1. The van der Waals surface area contributed by atoms with Crippen molar-refractivity contribution >= 4 is 11.8 Å². The lowest BCUT2D eigenvalue weighted by molar-refractivity contribution is -0.134. The van der Waals surface area contributed by atoms with Crippen LogP contribution >= 0.6 is 0 Å². The van der Waals surface area contributed by atoms with Crippen molar-refractivity contribution in [1.82, 2.24) is 24.6 Å². The van der Waals surface area contributed by atoms with Gasteiger partial charge in [-0.2, -0.15) is 0 Å². The molecular formula is C23H37N5O2. The molecule has 7 nitrogen and oxygen atoms in total. The standard InChI is InChI=1S/C23H37N5O2/c1-17(2)14-21(29)26-10-8-19(9-11-26)23-25-24-20-16-27(12-13-28(20)23)22(30)15-18-6-4-3-5-7-18/h17-19H,3-16H2,1-2H3. The van der Waals surface area contributed by atoms with Crippen LogP contribution in [0.3, 0.4) is 0 Å². The van der Waals surface area contributed by atoms with Gasteiger partial charge in [0.1, 0.15) is 5.82 Å². The Morgan fingerprint density at radius 2 is 1.63 bits per heavy atom. The van der Waals surface area contributed by atoms with E-state index in [-0.39, 0.29) is 11.8 Å². The van der Waals surface area contributed by atoms with Crippen LogP contribution in [0.25, 0.3) is 0 Å². The molecule has 2 fully saturated rings. The molecule has 166 valence electrons. The third-order valence-electron chi connectivity index (χ3n) is 7.12. The molecule has 2 aliphatic heterocycles. The van der Waals surface area contributed by atoms with Gasteiger partial charge in [-0.3, -0.25) is 9.59 Å². The number of rotatable bonds is 5. The Bertz CT molecular complexity index is 745. The van der Waals surface area contributed by atoms with Crippen molar-refractivity contribution < 1.29 is 9.59 Å². The number of amides is 2. The van der Waals surface area contributed by atoms with Crippen LogP contribution < -0.4 is 0 Å². The minimum absolute atomic E-state index is 0.277. The van der Waals surface area contributed by atoms with E-state index in [1.807, 2.05) is 9.80 Å². The second-order valence-electron chi connectivity index (χ2n) is 9.90. The van der Waals surface area contributed by atoms with Crippen LogP contribution in [0.5, 0.6) is 0 Å². The highest BCUT2D eigenvalue weighted by atomic mass is 16.2. The van der Waals surface area contributed by atoms with E-state index in [1.165, 1.54) is 32.1 Å². The maximum Gasteiger partial charge on any atom is 0.223 e. The van der Waals surface area contributed by atoms with Crippen LogP contribution in [-0.2, 0) is 22.7 Å². The number of fused-ring (bicyclic) bond motifs is 1. The Kier molecular flexibility index (Phi) is 6.74. The molecule has 2 amide bonds. The second kappa shape index (κ2) is 9.48. The summed E-state index contributed by atoms with van der Waals surface area (Å²) in [6, 6.07) is 0. The van der Waals surface area contributed by atoms with Gasteiger partial charge in [-0.25, -0.2) is 0 Å². The molecule has 1 aromatic rings. The molecule has 0 bridgehead atoms. The summed E-state index contributed by atoms with van der Waals surface area (Å²) in [5.74, 6) is 3.88. The quantitative estimate of drug-likeness (QED) is 0.739. The van der Waals surface area contributed by atoms with Gasteiger partial charge in [0.05, 0.1) is 6.54 Å². The highest BCUT2D eigenvalue weighted by Gasteiger charge is 2.31. The van der Waals surface area contributed by atoms with Gasteiger partial charge in [-0.15, -0.1) is 10.2 Å². The number of nitrogens with zero attached hydrogens (tertiary/aromatic N) is 5. The van der Waals surface area contributed by atoms with Gasteiger partial charge < -0.3 is 14.4 Å². The van der Waals surface area contributed by atoms with Crippen molar-refractivity contribution in [3.63, 3.8) is 0 Å². The van der Waals surface area contributed by atoms with E-state index in [9.17, 15) is 9.59 Å². The van der Waals surface area contributed by atoms with Crippen molar-refractivity contribution in [1.29, 1.82) is 0 Å². The zero-order valence-electron chi connectivity index (χ0n) is 18.7. The predicted molar refractivity (Wildman–Crippen MR) is 115 cm³/mol. The van der Waals surface area contributed by atoms with Crippen LogP contribution in [0.4, 0.5) is 0 Å². The number of aromatic nitrogens is 3. The average Bonchev–Trinajstić information content (AvgIpc) is 3.17. The molecule has 30 heavy (non-hydrogen) atoms.